The molecule has 5 heteroatoms. The van der Waals surface area contributed by atoms with Crippen LogP contribution >= 0.6 is 0 Å². The van der Waals surface area contributed by atoms with Crippen molar-refractivity contribution in [3.05, 3.63) is 75.8 Å². The van der Waals surface area contributed by atoms with Crippen LogP contribution in [0, 0.1) is 10.1 Å². The van der Waals surface area contributed by atoms with Gasteiger partial charge in [-0.15, -0.1) is 0 Å². The second kappa shape index (κ2) is 7.36. The number of nitro groups is 1. The van der Waals surface area contributed by atoms with Gasteiger partial charge in [0, 0.05) is 23.7 Å². The first kappa shape index (κ1) is 15.7. The Morgan fingerprint density at radius 3 is 2.59 bits per heavy atom. The fourth-order valence-electron chi connectivity index (χ4n) is 2.17. The molecule has 0 aliphatic carbocycles. The second-order valence-electron chi connectivity index (χ2n) is 5.21. The Balaban J connectivity index is 1.91. The lowest BCUT2D eigenvalue weighted by Gasteiger charge is -2.14. The lowest BCUT2D eigenvalue weighted by Crippen LogP contribution is -2.32. The van der Waals surface area contributed by atoms with Crippen LogP contribution in [0.4, 0.5) is 5.69 Å². The summed E-state index contributed by atoms with van der Waals surface area (Å²) in [4.78, 5) is 22.3. The highest BCUT2D eigenvalue weighted by molar-refractivity contribution is 5.94. The summed E-state index contributed by atoms with van der Waals surface area (Å²) < 4.78 is 0. The van der Waals surface area contributed by atoms with Crippen molar-refractivity contribution < 1.29 is 9.72 Å². The number of nitro benzene ring substituents is 1. The maximum atomic E-state index is 12.1. The predicted molar refractivity (Wildman–Crippen MR) is 84.8 cm³/mol. The Bertz CT molecular complexity index is 656. The molecule has 0 aliphatic heterocycles. The summed E-state index contributed by atoms with van der Waals surface area (Å²) in [6.45, 7) is 1.93. The van der Waals surface area contributed by atoms with Crippen molar-refractivity contribution in [2.45, 2.75) is 25.8 Å². The zero-order chi connectivity index (χ0) is 15.9. The zero-order valence-corrected chi connectivity index (χ0v) is 12.4. The van der Waals surface area contributed by atoms with Crippen molar-refractivity contribution in [3.8, 4) is 0 Å². The average molecular weight is 298 g/mol. The van der Waals surface area contributed by atoms with E-state index in [-0.39, 0.29) is 17.6 Å². The number of amides is 1. The fraction of sp³-hybridized carbons (Fsp3) is 0.235. The topological polar surface area (TPSA) is 72.2 Å². The second-order valence-corrected chi connectivity index (χ2v) is 5.21. The molecule has 0 heterocycles. The van der Waals surface area contributed by atoms with E-state index in [0.717, 1.165) is 12.8 Å². The molecular formula is C17H18N2O3. The maximum absolute atomic E-state index is 12.1. The molecule has 0 saturated carbocycles. The monoisotopic (exact) mass is 298 g/mol. The molecule has 0 saturated heterocycles. The molecule has 2 aromatic rings. The van der Waals surface area contributed by atoms with E-state index in [0.29, 0.717) is 5.56 Å². The molecule has 1 atom stereocenters. The highest BCUT2D eigenvalue weighted by Crippen LogP contribution is 2.13. The van der Waals surface area contributed by atoms with Crippen LogP contribution in [0.2, 0.25) is 0 Å². The largest absolute Gasteiger partial charge is 0.350 e. The molecule has 114 valence electrons. The number of non-ortho nitro benzene ring substituents is 1. The molecule has 1 unspecified atom stereocenters. The van der Waals surface area contributed by atoms with E-state index >= 15 is 0 Å². The summed E-state index contributed by atoms with van der Waals surface area (Å²) in [5, 5.41) is 13.6. The third-order valence-corrected chi connectivity index (χ3v) is 3.41. The van der Waals surface area contributed by atoms with E-state index in [1.54, 1.807) is 6.07 Å². The summed E-state index contributed by atoms with van der Waals surface area (Å²) in [6, 6.07) is 15.8. The molecule has 0 fully saturated rings. The van der Waals surface area contributed by atoms with Gasteiger partial charge in [-0.1, -0.05) is 36.4 Å². The van der Waals surface area contributed by atoms with E-state index in [9.17, 15) is 14.9 Å². The van der Waals surface area contributed by atoms with Crippen LogP contribution in [0.1, 0.15) is 29.3 Å². The van der Waals surface area contributed by atoms with E-state index in [1.807, 2.05) is 25.1 Å². The number of aryl methyl sites for hydroxylation is 1. The normalized spacial score (nSPS) is 11.7. The van der Waals surface area contributed by atoms with Gasteiger partial charge >= 0.3 is 0 Å². The number of carbonyl (C=O) groups excluding carboxylic acids is 1. The lowest BCUT2D eigenvalue weighted by atomic mass is 10.1. The van der Waals surface area contributed by atoms with Gasteiger partial charge in [0.25, 0.3) is 11.6 Å². The minimum absolute atomic E-state index is 0.00744. The van der Waals surface area contributed by atoms with Crippen molar-refractivity contribution in [1.82, 2.24) is 5.32 Å². The van der Waals surface area contributed by atoms with Crippen molar-refractivity contribution >= 4 is 11.6 Å². The van der Waals surface area contributed by atoms with E-state index in [1.165, 1.54) is 23.8 Å². The van der Waals surface area contributed by atoms with Gasteiger partial charge in [0.1, 0.15) is 0 Å². The number of nitrogens with one attached hydrogen (secondary N) is 1. The molecule has 2 aromatic carbocycles. The number of benzene rings is 2. The predicted octanol–water partition coefficient (Wildman–Crippen LogP) is 3.35. The molecule has 0 spiro atoms. The average Bonchev–Trinajstić information content (AvgIpc) is 2.54. The number of hydrogen-bond acceptors (Lipinski definition) is 3. The van der Waals surface area contributed by atoms with Crippen LogP contribution in [0.5, 0.6) is 0 Å². The molecule has 0 bridgehead atoms. The standard InChI is InChI=1S/C17H18N2O3/c1-13(10-11-14-6-3-2-4-7-14)18-17(20)15-8-5-9-16(12-15)19(21)22/h2-9,12-13H,10-11H2,1H3,(H,18,20). The highest BCUT2D eigenvalue weighted by Gasteiger charge is 2.13. The Kier molecular flexibility index (Phi) is 5.25. The minimum Gasteiger partial charge on any atom is -0.350 e. The first-order chi connectivity index (χ1) is 10.6. The van der Waals surface area contributed by atoms with Crippen molar-refractivity contribution in [1.29, 1.82) is 0 Å². The van der Waals surface area contributed by atoms with Gasteiger partial charge in [0.15, 0.2) is 0 Å². The quantitative estimate of drug-likeness (QED) is 0.656. The van der Waals surface area contributed by atoms with Gasteiger partial charge in [-0.3, -0.25) is 14.9 Å². The van der Waals surface area contributed by atoms with E-state index in [4.69, 9.17) is 0 Å². The van der Waals surface area contributed by atoms with Crippen LogP contribution < -0.4 is 5.32 Å². The van der Waals surface area contributed by atoms with Crippen LogP contribution in [0.15, 0.2) is 54.6 Å². The third-order valence-electron chi connectivity index (χ3n) is 3.41. The summed E-state index contributed by atoms with van der Waals surface area (Å²) in [6.07, 6.45) is 1.68. The molecule has 5 nitrogen and oxygen atoms in total. The van der Waals surface area contributed by atoms with Gasteiger partial charge < -0.3 is 5.32 Å². The minimum atomic E-state index is -0.504. The summed E-state index contributed by atoms with van der Waals surface area (Å²) in [5.74, 6) is -0.288. The first-order valence-corrected chi connectivity index (χ1v) is 7.15. The lowest BCUT2D eigenvalue weighted by molar-refractivity contribution is -0.384. The maximum Gasteiger partial charge on any atom is 0.270 e. The molecule has 22 heavy (non-hydrogen) atoms. The van der Waals surface area contributed by atoms with Gasteiger partial charge in [0.2, 0.25) is 0 Å². The van der Waals surface area contributed by atoms with Gasteiger partial charge in [-0.2, -0.15) is 0 Å². The van der Waals surface area contributed by atoms with Crippen LogP contribution in [-0.4, -0.2) is 16.9 Å². The summed E-state index contributed by atoms with van der Waals surface area (Å²) >= 11 is 0. The molecule has 0 aliphatic rings. The number of rotatable bonds is 6. The molecule has 1 N–H and O–H groups in total. The van der Waals surface area contributed by atoms with Crippen molar-refractivity contribution in [2.75, 3.05) is 0 Å². The summed E-state index contributed by atoms with van der Waals surface area (Å²) in [7, 11) is 0. The van der Waals surface area contributed by atoms with Crippen molar-refractivity contribution in [2.24, 2.45) is 0 Å². The molecular weight excluding hydrogens is 280 g/mol. The number of carbonyl (C=O) groups is 1. The Hall–Kier alpha value is -2.69. The summed E-state index contributed by atoms with van der Waals surface area (Å²) in [5.41, 5.74) is 1.45. The van der Waals surface area contributed by atoms with Crippen LogP contribution in [0.25, 0.3) is 0 Å². The highest BCUT2D eigenvalue weighted by atomic mass is 16.6. The fourth-order valence-corrected chi connectivity index (χ4v) is 2.17. The molecule has 0 radical (unpaired) electrons. The third kappa shape index (κ3) is 4.41. The molecule has 2 rings (SSSR count). The molecule has 1 amide bonds. The first-order valence-electron chi connectivity index (χ1n) is 7.15. The Morgan fingerprint density at radius 2 is 1.91 bits per heavy atom. The number of nitrogens with zero attached hydrogens (tertiary/aromatic N) is 1. The van der Waals surface area contributed by atoms with E-state index < -0.39 is 4.92 Å². The van der Waals surface area contributed by atoms with Gasteiger partial charge in [0.05, 0.1) is 4.92 Å². The Morgan fingerprint density at radius 1 is 1.18 bits per heavy atom. The van der Waals surface area contributed by atoms with Crippen LogP contribution in [0.3, 0.4) is 0 Å². The Labute approximate surface area is 129 Å². The van der Waals surface area contributed by atoms with Gasteiger partial charge in [-0.05, 0) is 31.4 Å². The molecule has 0 aromatic heterocycles. The van der Waals surface area contributed by atoms with Crippen molar-refractivity contribution in [3.63, 3.8) is 0 Å². The number of hydrogen-bond donors (Lipinski definition) is 1. The SMILES string of the molecule is CC(CCc1ccccc1)NC(=O)c1cccc([N+](=O)[O-])c1. The zero-order valence-electron chi connectivity index (χ0n) is 12.4. The van der Waals surface area contributed by atoms with E-state index in [2.05, 4.69) is 17.4 Å². The van der Waals surface area contributed by atoms with Crippen LogP contribution in [-0.2, 0) is 6.42 Å². The van der Waals surface area contributed by atoms with Gasteiger partial charge in [-0.25, -0.2) is 0 Å². The smallest absolute Gasteiger partial charge is 0.270 e.